The van der Waals surface area contributed by atoms with E-state index >= 15 is 0 Å². The molecule has 2 aromatic rings. The molecule has 2 rings (SSSR count). The summed E-state index contributed by atoms with van der Waals surface area (Å²) in [7, 11) is 1.91. The van der Waals surface area contributed by atoms with Crippen LogP contribution in [0.2, 0.25) is 10.0 Å². The van der Waals surface area contributed by atoms with Crippen molar-refractivity contribution in [1.29, 1.82) is 0 Å². The summed E-state index contributed by atoms with van der Waals surface area (Å²) in [6.07, 6.45) is 0. The van der Waals surface area contributed by atoms with Gasteiger partial charge in [-0.1, -0.05) is 29.3 Å². The third kappa shape index (κ3) is 4.49. The lowest BCUT2D eigenvalue weighted by atomic mass is 10.3. The number of nitrogens with zero attached hydrogens (tertiary/aromatic N) is 1. The topological polar surface area (TPSA) is 32.3 Å². The van der Waals surface area contributed by atoms with Crippen LogP contribution in [0.15, 0.2) is 35.7 Å². The Morgan fingerprint density at radius 1 is 1.30 bits per heavy atom. The normalized spacial score (nSPS) is 10.8. The van der Waals surface area contributed by atoms with E-state index in [1.807, 2.05) is 23.4 Å². The average molecular weight is 329 g/mol. The molecule has 1 amide bonds. The van der Waals surface area contributed by atoms with Crippen molar-refractivity contribution in [3.05, 3.63) is 50.6 Å². The molecule has 20 heavy (non-hydrogen) atoms. The van der Waals surface area contributed by atoms with E-state index in [1.165, 1.54) is 4.88 Å². The number of anilines is 1. The van der Waals surface area contributed by atoms with Crippen LogP contribution < -0.4 is 5.32 Å². The van der Waals surface area contributed by atoms with Crippen LogP contribution in [-0.4, -0.2) is 24.4 Å². The minimum atomic E-state index is -0.0811. The van der Waals surface area contributed by atoms with E-state index in [0.29, 0.717) is 22.3 Å². The number of hydrogen-bond donors (Lipinski definition) is 1. The van der Waals surface area contributed by atoms with Crippen molar-refractivity contribution in [3.8, 4) is 0 Å². The summed E-state index contributed by atoms with van der Waals surface area (Å²) in [6, 6.07) is 9.09. The van der Waals surface area contributed by atoms with Gasteiger partial charge < -0.3 is 5.32 Å². The summed E-state index contributed by atoms with van der Waals surface area (Å²) in [6.45, 7) is 1.07. The van der Waals surface area contributed by atoms with Crippen LogP contribution in [0.25, 0.3) is 0 Å². The van der Waals surface area contributed by atoms with Gasteiger partial charge in [0, 0.05) is 17.1 Å². The Kier molecular flexibility index (Phi) is 5.43. The first-order chi connectivity index (χ1) is 9.54. The molecule has 1 aromatic heterocycles. The number of carbonyl (C=O) groups excluding carboxylic acids is 1. The summed E-state index contributed by atoms with van der Waals surface area (Å²) in [5, 5.41) is 5.73. The van der Waals surface area contributed by atoms with Crippen LogP contribution in [0.1, 0.15) is 4.88 Å². The highest BCUT2D eigenvalue weighted by Gasteiger charge is 2.09. The molecule has 0 radical (unpaired) electrons. The number of carbonyl (C=O) groups is 1. The van der Waals surface area contributed by atoms with E-state index in [1.54, 1.807) is 29.5 Å². The zero-order valence-corrected chi connectivity index (χ0v) is 13.2. The maximum atomic E-state index is 11.9. The SMILES string of the molecule is CN(CC(=O)Nc1ccc(Cl)c(Cl)c1)Cc1cccs1. The second-order valence-electron chi connectivity index (χ2n) is 4.43. The van der Waals surface area contributed by atoms with Crippen molar-refractivity contribution in [3.63, 3.8) is 0 Å². The fourth-order valence-corrected chi connectivity index (χ4v) is 2.83. The van der Waals surface area contributed by atoms with Crippen molar-refractivity contribution in [2.24, 2.45) is 0 Å². The Hall–Kier alpha value is -1.07. The van der Waals surface area contributed by atoms with Gasteiger partial charge in [0.15, 0.2) is 0 Å². The molecule has 0 bridgehead atoms. The van der Waals surface area contributed by atoms with E-state index in [0.717, 1.165) is 6.54 Å². The van der Waals surface area contributed by atoms with Crippen LogP contribution in [0.4, 0.5) is 5.69 Å². The molecule has 1 heterocycles. The average Bonchev–Trinajstić information content (AvgIpc) is 2.86. The van der Waals surface area contributed by atoms with Gasteiger partial charge in [-0.15, -0.1) is 11.3 Å². The first-order valence-corrected chi connectivity index (χ1v) is 7.64. The second-order valence-corrected chi connectivity index (χ2v) is 6.28. The van der Waals surface area contributed by atoms with E-state index in [4.69, 9.17) is 23.2 Å². The van der Waals surface area contributed by atoms with Gasteiger partial charge in [0.1, 0.15) is 0 Å². The number of nitrogens with one attached hydrogen (secondary N) is 1. The van der Waals surface area contributed by atoms with E-state index < -0.39 is 0 Å². The summed E-state index contributed by atoms with van der Waals surface area (Å²) < 4.78 is 0. The maximum absolute atomic E-state index is 11.9. The van der Waals surface area contributed by atoms with E-state index in [-0.39, 0.29) is 5.91 Å². The Morgan fingerprint density at radius 2 is 2.10 bits per heavy atom. The molecule has 106 valence electrons. The zero-order chi connectivity index (χ0) is 14.5. The third-order valence-electron chi connectivity index (χ3n) is 2.62. The molecule has 0 aliphatic carbocycles. The summed E-state index contributed by atoms with van der Waals surface area (Å²) >= 11 is 13.4. The predicted molar refractivity (Wildman–Crippen MR) is 85.7 cm³/mol. The van der Waals surface area contributed by atoms with Gasteiger partial charge in [0.05, 0.1) is 16.6 Å². The van der Waals surface area contributed by atoms with Gasteiger partial charge in [-0.25, -0.2) is 0 Å². The van der Waals surface area contributed by atoms with E-state index in [9.17, 15) is 4.79 Å². The molecular formula is C14H14Cl2N2OS. The molecule has 3 nitrogen and oxygen atoms in total. The molecule has 0 saturated heterocycles. The lowest BCUT2D eigenvalue weighted by Crippen LogP contribution is -2.29. The Morgan fingerprint density at radius 3 is 2.75 bits per heavy atom. The van der Waals surface area contributed by atoms with Crippen LogP contribution in [0.3, 0.4) is 0 Å². The van der Waals surface area contributed by atoms with Crippen LogP contribution in [0, 0.1) is 0 Å². The predicted octanol–water partition coefficient (Wildman–Crippen LogP) is 4.13. The van der Waals surface area contributed by atoms with Crippen molar-refractivity contribution in [2.75, 3.05) is 18.9 Å². The van der Waals surface area contributed by atoms with Crippen molar-refractivity contribution >= 4 is 46.1 Å². The van der Waals surface area contributed by atoms with E-state index in [2.05, 4.69) is 11.4 Å². The molecule has 0 aliphatic rings. The lowest BCUT2D eigenvalue weighted by molar-refractivity contribution is -0.117. The van der Waals surface area contributed by atoms with Gasteiger partial charge in [-0.3, -0.25) is 9.69 Å². The molecule has 0 unspecified atom stereocenters. The van der Waals surface area contributed by atoms with Gasteiger partial charge in [0.25, 0.3) is 0 Å². The summed E-state index contributed by atoms with van der Waals surface area (Å²) in [4.78, 5) is 15.1. The zero-order valence-electron chi connectivity index (χ0n) is 10.9. The molecule has 1 N–H and O–H groups in total. The van der Waals surface area contributed by atoms with Gasteiger partial charge in [-0.05, 0) is 36.7 Å². The second kappa shape index (κ2) is 7.09. The molecule has 0 fully saturated rings. The Balaban J connectivity index is 1.87. The first-order valence-electron chi connectivity index (χ1n) is 6.00. The Bertz CT molecular complexity index is 587. The molecule has 1 aromatic carbocycles. The summed E-state index contributed by atoms with van der Waals surface area (Å²) in [5.41, 5.74) is 0.647. The minimum absolute atomic E-state index is 0.0811. The highest BCUT2D eigenvalue weighted by atomic mass is 35.5. The number of benzene rings is 1. The number of thiophene rings is 1. The largest absolute Gasteiger partial charge is 0.325 e. The fourth-order valence-electron chi connectivity index (χ4n) is 1.74. The van der Waals surface area contributed by atoms with Gasteiger partial charge >= 0.3 is 0 Å². The number of halogens is 2. The van der Waals surface area contributed by atoms with Crippen molar-refractivity contribution < 1.29 is 4.79 Å². The highest BCUT2D eigenvalue weighted by molar-refractivity contribution is 7.09. The minimum Gasteiger partial charge on any atom is -0.325 e. The highest BCUT2D eigenvalue weighted by Crippen LogP contribution is 2.24. The molecule has 0 atom stereocenters. The maximum Gasteiger partial charge on any atom is 0.238 e. The fraction of sp³-hybridized carbons (Fsp3) is 0.214. The molecule has 0 spiro atoms. The standard InChI is InChI=1S/C14H14Cl2N2OS/c1-18(8-11-3-2-6-20-11)9-14(19)17-10-4-5-12(15)13(16)7-10/h2-7H,8-9H2,1H3,(H,17,19). The number of rotatable bonds is 5. The number of amides is 1. The molecule has 6 heteroatoms. The molecule has 0 aliphatic heterocycles. The van der Waals surface area contributed by atoms with Crippen molar-refractivity contribution in [2.45, 2.75) is 6.54 Å². The molecule has 0 saturated carbocycles. The van der Waals surface area contributed by atoms with Gasteiger partial charge in [-0.2, -0.15) is 0 Å². The smallest absolute Gasteiger partial charge is 0.238 e. The quantitative estimate of drug-likeness (QED) is 0.895. The third-order valence-corrected chi connectivity index (χ3v) is 4.22. The van der Waals surface area contributed by atoms with Crippen LogP contribution >= 0.6 is 34.5 Å². The lowest BCUT2D eigenvalue weighted by Gasteiger charge is -2.15. The van der Waals surface area contributed by atoms with Crippen molar-refractivity contribution in [1.82, 2.24) is 4.90 Å². The Labute approximate surface area is 132 Å². The summed E-state index contributed by atoms with van der Waals surface area (Å²) in [5.74, 6) is -0.0811. The van der Waals surface area contributed by atoms with Crippen LogP contribution in [0.5, 0.6) is 0 Å². The number of hydrogen-bond acceptors (Lipinski definition) is 3. The van der Waals surface area contributed by atoms with Crippen LogP contribution in [-0.2, 0) is 11.3 Å². The molecular weight excluding hydrogens is 315 g/mol. The monoisotopic (exact) mass is 328 g/mol. The number of likely N-dealkylation sites (N-methyl/N-ethyl adjacent to an activating group) is 1. The first kappa shape index (κ1) is 15.3. The van der Waals surface area contributed by atoms with Gasteiger partial charge in [0.2, 0.25) is 5.91 Å².